The van der Waals surface area contributed by atoms with Gasteiger partial charge in [0.05, 0.1) is 4.90 Å². The first-order valence-corrected chi connectivity index (χ1v) is 8.68. The Hall–Kier alpha value is -2.16. The van der Waals surface area contributed by atoms with Gasteiger partial charge in [-0.1, -0.05) is 24.4 Å². The van der Waals surface area contributed by atoms with Gasteiger partial charge >= 0.3 is 0 Å². The zero-order valence-electron chi connectivity index (χ0n) is 12.0. The van der Waals surface area contributed by atoms with Gasteiger partial charge in [-0.25, -0.2) is 13.6 Å². The maximum absolute atomic E-state index is 11.2. The van der Waals surface area contributed by atoms with Crippen molar-refractivity contribution in [1.82, 2.24) is 5.32 Å². The lowest BCUT2D eigenvalue weighted by Crippen LogP contribution is -2.21. The molecule has 1 heterocycles. The summed E-state index contributed by atoms with van der Waals surface area (Å²) >= 11 is 5.35. The molecule has 0 spiro atoms. The highest BCUT2D eigenvalue weighted by molar-refractivity contribution is 7.89. The number of benzene rings is 2. The third kappa shape index (κ3) is 3.61. The number of hydrogen-bond acceptors (Lipinski definition) is 5. The van der Waals surface area contributed by atoms with Crippen molar-refractivity contribution in [2.45, 2.75) is 11.4 Å². The Kier molecular flexibility index (Phi) is 4.20. The molecule has 0 fully saturated rings. The van der Waals surface area contributed by atoms with Crippen LogP contribution in [0.5, 0.6) is 11.5 Å². The van der Waals surface area contributed by atoms with E-state index in [4.69, 9.17) is 26.8 Å². The van der Waals surface area contributed by atoms with E-state index >= 15 is 0 Å². The SMILES string of the molecule is NS(=O)(=O)c1ccc(CNC(=S)c2ccc3c(c2)OCO3)cc1. The lowest BCUT2D eigenvalue weighted by Gasteiger charge is -2.09. The molecular weight excluding hydrogens is 336 g/mol. The van der Waals surface area contributed by atoms with Gasteiger partial charge in [-0.05, 0) is 35.9 Å². The van der Waals surface area contributed by atoms with Gasteiger partial charge in [-0.15, -0.1) is 0 Å². The Morgan fingerprint density at radius 1 is 1.13 bits per heavy atom. The van der Waals surface area contributed by atoms with E-state index in [-0.39, 0.29) is 11.7 Å². The van der Waals surface area contributed by atoms with Crippen LogP contribution in [0.25, 0.3) is 0 Å². The fourth-order valence-corrected chi connectivity index (χ4v) is 2.83. The van der Waals surface area contributed by atoms with E-state index in [0.29, 0.717) is 23.0 Å². The smallest absolute Gasteiger partial charge is 0.238 e. The van der Waals surface area contributed by atoms with E-state index in [1.165, 1.54) is 12.1 Å². The maximum atomic E-state index is 11.2. The van der Waals surface area contributed by atoms with Gasteiger partial charge < -0.3 is 14.8 Å². The minimum Gasteiger partial charge on any atom is -0.454 e. The molecule has 120 valence electrons. The molecule has 3 rings (SSSR count). The number of nitrogens with one attached hydrogen (secondary N) is 1. The average molecular weight is 350 g/mol. The molecule has 0 saturated carbocycles. The largest absolute Gasteiger partial charge is 0.454 e. The second kappa shape index (κ2) is 6.15. The van der Waals surface area contributed by atoms with Gasteiger partial charge in [0, 0.05) is 12.1 Å². The fourth-order valence-electron chi connectivity index (χ4n) is 2.12. The molecular formula is C15H14N2O4S2. The van der Waals surface area contributed by atoms with Crippen LogP contribution < -0.4 is 19.9 Å². The molecule has 0 radical (unpaired) electrons. The quantitative estimate of drug-likeness (QED) is 0.813. The number of rotatable bonds is 4. The van der Waals surface area contributed by atoms with E-state index in [1.807, 2.05) is 18.2 Å². The molecule has 0 atom stereocenters. The van der Waals surface area contributed by atoms with E-state index in [1.54, 1.807) is 12.1 Å². The Balaban J connectivity index is 1.65. The van der Waals surface area contributed by atoms with Crippen molar-refractivity contribution in [2.24, 2.45) is 5.14 Å². The molecule has 0 bridgehead atoms. The molecule has 0 saturated heterocycles. The molecule has 8 heteroatoms. The highest BCUT2D eigenvalue weighted by atomic mass is 32.2. The molecule has 0 amide bonds. The summed E-state index contributed by atoms with van der Waals surface area (Å²) in [5.41, 5.74) is 1.71. The van der Waals surface area contributed by atoms with E-state index in [9.17, 15) is 8.42 Å². The van der Waals surface area contributed by atoms with Crippen molar-refractivity contribution in [1.29, 1.82) is 0 Å². The molecule has 1 aliphatic heterocycles. The van der Waals surface area contributed by atoms with Crippen molar-refractivity contribution < 1.29 is 17.9 Å². The molecule has 1 aliphatic rings. The molecule has 0 aromatic heterocycles. The predicted octanol–water partition coefficient (Wildman–Crippen LogP) is 1.53. The van der Waals surface area contributed by atoms with Gasteiger partial charge in [-0.3, -0.25) is 0 Å². The third-order valence-electron chi connectivity index (χ3n) is 3.34. The van der Waals surface area contributed by atoms with Gasteiger partial charge in [0.15, 0.2) is 11.5 Å². The van der Waals surface area contributed by atoms with E-state index < -0.39 is 10.0 Å². The van der Waals surface area contributed by atoms with Crippen LogP contribution in [0.1, 0.15) is 11.1 Å². The molecule has 23 heavy (non-hydrogen) atoms. The fraction of sp³-hybridized carbons (Fsp3) is 0.133. The predicted molar refractivity (Wildman–Crippen MR) is 88.9 cm³/mol. The number of hydrogen-bond donors (Lipinski definition) is 2. The molecule has 6 nitrogen and oxygen atoms in total. The topological polar surface area (TPSA) is 90.7 Å². The number of nitrogens with two attached hydrogens (primary N) is 1. The summed E-state index contributed by atoms with van der Waals surface area (Å²) in [7, 11) is -3.67. The number of primary sulfonamides is 1. The van der Waals surface area contributed by atoms with Crippen molar-refractivity contribution in [2.75, 3.05) is 6.79 Å². The minimum atomic E-state index is -3.67. The minimum absolute atomic E-state index is 0.0830. The van der Waals surface area contributed by atoms with Crippen LogP contribution in [0.4, 0.5) is 0 Å². The Labute approximate surface area is 139 Å². The van der Waals surface area contributed by atoms with E-state index in [2.05, 4.69) is 5.32 Å². The standard InChI is InChI=1S/C15H14N2O4S2/c16-23(18,19)12-4-1-10(2-5-12)8-17-15(22)11-3-6-13-14(7-11)21-9-20-13/h1-7H,8-9H2,(H,17,22)(H2,16,18,19). The van der Waals surface area contributed by atoms with Crippen molar-refractivity contribution in [3.63, 3.8) is 0 Å². The normalized spacial score (nSPS) is 12.9. The van der Waals surface area contributed by atoms with Crippen LogP contribution in [0.3, 0.4) is 0 Å². The van der Waals surface area contributed by atoms with E-state index in [0.717, 1.165) is 11.1 Å². The Morgan fingerprint density at radius 2 is 1.83 bits per heavy atom. The molecule has 3 N–H and O–H groups in total. The summed E-state index contributed by atoms with van der Waals surface area (Å²) in [4.78, 5) is 0.651. The second-order valence-electron chi connectivity index (χ2n) is 4.94. The number of ether oxygens (including phenoxy) is 2. The van der Waals surface area contributed by atoms with Crippen LogP contribution in [0.2, 0.25) is 0 Å². The van der Waals surface area contributed by atoms with Crippen LogP contribution in [-0.4, -0.2) is 20.2 Å². The molecule has 2 aromatic rings. The van der Waals surface area contributed by atoms with Crippen molar-refractivity contribution in [3.8, 4) is 11.5 Å². The highest BCUT2D eigenvalue weighted by Gasteiger charge is 2.14. The van der Waals surface area contributed by atoms with Crippen LogP contribution in [-0.2, 0) is 16.6 Å². The monoisotopic (exact) mass is 350 g/mol. The summed E-state index contributed by atoms with van der Waals surface area (Å²) < 4.78 is 33.0. The first kappa shape index (κ1) is 15.7. The van der Waals surface area contributed by atoms with Gasteiger partial charge in [0.1, 0.15) is 4.99 Å². The van der Waals surface area contributed by atoms with Crippen LogP contribution >= 0.6 is 12.2 Å². The van der Waals surface area contributed by atoms with Crippen LogP contribution in [0.15, 0.2) is 47.4 Å². The first-order chi connectivity index (χ1) is 10.9. The van der Waals surface area contributed by atoms with Gasteiger partial charge in [-0.2, -0.15) is 0 Å². The lowest BCUT2D eigenvalue weighted by atomic mass is 10.2. The van der Waals surface area contributed by atoms with Crippen molar-refractivity contribution >= 4 is 27.2 Å². The third-order valence-corrected chi connectivity index (χ3v) is 4.65. The van der Waals surface area contributed by atoms with Gasteiger partial charge in [0.2, 0.25) is 16.8 Å². The maximum Gasteiger partial charge on any atom is 0.238 e. The second-order valence-corrected chi connectivity index (χ2v) is 6.91. The number of fused-ring (bicyclic) bond motifs is 1. The summed E-state index contributed by atoms with van der Waals surface area (Å²) in [6, 6.07) is 11.8. The van der Waals surface area contributed by atoms with Crippen molar-refractivity contribution in [3.05, 3.63) is 53.6 Å². The summed E-state index contributed by atoms with van der Waals surface area (Å²) in [5.74, 6) is 1.37. The average Bonchev–Trinajstić information content (AvgIpc) is 2.99. The lowest BCUT2D eigenvalue weighted by molar-refractivity contribution is 0.174. The molecule has 2 aromatic carbocycles. The zero-order chi connectivity index (χ0) is 16.4. The Bertz CT molecular complexity index is 848. The number of sulfonamides is 1. The highest BCUT2D eigenvalue weighted by Crippen LogP contribution is 2.32. The molecule has 0 aliphatic carbocycles. The molecule has 0 unspecified atom stereocenters. The van der Waals surface area contributed by atoms with Gasteiger partial charge in [0.25, 0.3) is 0 Å². The Morgan fingerprint density at radius 3 is 2.52 bits per heavy atom. The summed E-state index contributed by atoms with van der Waals surface area (Å²) in [6.07, 6.45) is 0. The summed E-state index contributed by atoms with van der Waals surface area (Å²) in [6.45, 7) is 0.688. The first-order valence-electron chi connectivity index (χ1n) is 6.73. The zero-order valence-corrected chi connectivity index (χ0v) is 13.6. The summed E-state index contributed by atoms with van der Waals surface area (Å²) in [5, 5.41) is 8.18. The number of thiocarbonyl (C=S) groups is 1. The van der Waals surface area contributed by atoms with Crippen LogP contribution in [0, 0.1) is 0 Å².